The van der Waals surface area contributed by atoms with Gasteiger partial charge in [0.15, 0.2) is 0 Å². The lowest BCUT2D eigenvalue weighted by Gasteiger charge is -2.23. The summed E-state index contributed by atoms with van der Waals surface area (Å²) in [6.07, 6.45) is 6.71. The van der Waals surface area contributed by atoms with Crippen LogP contribution in [0.15, 0.2) is 24.3 Å². The minimum Gasteiger partial charge on any atom is -0.313 e. The molecule has 0 spiro atoms. The minimum atomic E-state index is 0.686. The zero-order valence-corrected chi connectivity index (χ0v) is 12.8. The molecule has 0 amide bonds. The van der Waals surface area contributed by atoms with Gasteiger partial charge in [0.25, 0.3) is 0 Å². The maximum Gasteiger partial charge on any atom is 0.00684 e. The second-order valence-electron chi connectivity index (χ2n) is 6.21. The van der Waals surface area contributed by atoms with E-state index in [2.05, 4.69) is 50.4 Å². The molecule has 1 unspecified atom stereocenters. The van der Waals surface area contributed by atoms with E-state index >= 15 is 0 Å². The van der Waals surface area contributed by atoms with E-state index in [1.54, 1.807) is 0 Å². The molecule has 0 aliphatic heterocycles. The van der Waals surface area contributed by atoms with Crippen molar-refractivity contribution in [1.82, 2.24) is 5.32 Å². The molecule has 1 aromatic carbocycles. The number of hydrogen-bond acceptors (Lipinski definition) is 1. The summed E-state index contributed by atoms with van der Waals surface area (Å²) in [5.41, 5.74) is 2.92. The van der Waals surface area contributed by atoms with Crippen molar-refractivity contribution in [3.63, 3.8) is 0 Å². The Labute approximate surface area is 118 Å². The summed E-state index contributed by atoms with van der Waals surface area (Å²) >= 11 is 0. The maximum absolute atomic E-state index is 3.73. The topological polar surface area (TPSA) is 12.0 Å². The Bertz CT molecular complexity index is 377. The SMILES string of the molecule is CCC(CC)CC(CNC1CC1)c1cccc(C)c1. The van der Waals surface area contributed by atoms with Gasteiger partial charge in [-0.2, -0.15) is 0 Å². The molecular weight excluding hydrogens is 230 g/mol. The Kier molecular flexibility index (Phi) is 5.45. The van der Waals surface area contributed by atoms with E-state index in [-0.39, 0.29) is 0 Å². The number of nitrogens with one attached hydrogen (secondary N) is 1. The third kappa shape index (κ3) is 4.65. The summed E-state index contributed by atoms with van der Waals surface area (Å²) in [4.78, 5) is 0. The lowest BCUT2D eigenvalue weighted by atomic mass is 9.85. The number of benzene rings is 1. The molecule has 0 saturated heterocycles. The molecule has 1 heteroatoms. The number of rotatable bonds is 8. The summed E-state index contributed by atoms with van der Waals surface area (Å²) in [5, 5.41) is 3.73. The van der Waals surface area contributed by atoms with E-state index < -0.39 is 0 Å². The Morgan fingerprint density at radius 2 is 1.95 bits per heavy atom. The minimum absolute atomic E-state index is 0.686. The second-order valence-corrected chi connectivity index (χ2v) is 6.21. The molecule has 1 aliphatic carbocycles. The summed E-state index contributed by atoms with van der Waals surface area (Å²) in [6.45, 7) is 8.02. The third-order valence-corrected chi connectivity index (χ3v) is 4.52. The van der Waals surface area contributed by atoms with Gasteiger partial charge in [-0.05, 0) is 43.6 Å². The lowest BCUT2D eigenvalue weighted by Crippen LogP contribution is -2.25. The van der Waals surface area contributed by atoms with Gasteiger partial charge in [-0.15, -0.1) is 0 Å². The van der Waals surface area contributed by atoms with Crippen LogP contribution >= 0.6 is 0 Å². The van der Waals surface area contributed by atoms with Crippen LogP contribution in [0.5, 0.6) is 0 Å². The lowest BCUT2D eigenvalue weighted by molar-refractivity contribution is 0.397. The monoisotopic (exact) mass is 259 g/mol. The van der Waals surface area contributed by atoms with Crippen LogP contribution in [0, 0.1) is 12.8 Å². The zero-order chi connectivity index (χ0) is 13.7. The van der Waals surface area contributed by atoms with Crippen LogP contribution in [-0.2, 0) is 0 Å². The smallest absolute Gasteiger partial charge is 0.00684 e. The fraction of sp³-hybridized carbons (Fsp3) is 0.667. The van der Waals surface area contributed by atoms with Crippen molar-refractivity contribution >= 4 is 0 Å². The average Bonchev–Trinajstić information content (AvgIpc) is 3.23. The molecule has 19 heavy (non-hydrogen) atoms. The van der Waals surface area contributed by atoms with Gasteiger partial charge in [-0.1, -0.05) is 56.5 Å². The Morgan fingerprint density at radius 1 is 1.21 bits per heavy atom. The first kappa shape index (κ1) is 14.6. The van der Waals surface area contributed by atoms with Crippen LogP contribution in [-0.4, -0.2) is 12.6 Å². The van der Waals surface area contributed by atoms with Crippen LogP contribution in [0.1, 0.15) is 63.0 Å². The highest BCUT2D eigenvalue weighted by atomic mass is 14.9. The Hall–Kier alpha value is -0.820. The predicted octanol–water partition coefficient (Wildman–Crippen LogP) is 4.66. The van der Waals surface area contributed by atoms with Crippen molar-refractivity contribution in [1.29, 1.82) is 0 Å². The molecule has 1 N–H and O–H groups in total. The molecular formula is C18H29N. The summed E-state index contributed by atoms with van der Waals surface area (Å²) in [5.74, 6) is 1.55. The molecule has 2 rings (SSSR count). The van der Waals surface area contributed by atoms with Gasteiger partial charge >= 0.3 is 0 Å². The van der Waals surface area contributed by atoms with Crippen molar-refractivity contribution in [3.05, 3.63) is 35.4 Å². The highest BCUT2D eigenvalue weighted by molar-refractivity contribution is 5.26. The molecule has 106 valence electrons. The summed E-state index contributed by atoms with van der Waals surface area (Å²) in [6, 6.07) is 9.92. The Balaban J connectivity index is 2.02. The average molecular weight is 259 g/mol. The van der Waals surface area contributed by atoms with Gasteiger partial charge in [-0.3, -0.25) is 0 Å². The number of aryl methyl sites for hydroxylation is 1. The van der Waals surface area contributed by atoms with Crippen molar-refractivity contribution in [2.45, 2.75) is 64.8 Å². The fourth-order valence-electron chi connectivity index (χ4n) is 2.88. The van der Waals surface area contributed by atoms with E-state index in [4.69, 9.17) is 0 Å². The van der Waals surface area contributed by atoms with E-state index in [9.17, 15) is 0 Å². The normalized spacial score (nSPS) is 16.8. The summed E-state index contributed by atoms with van der Waals surface area (Å²) < 4.78 is 0. The Morgan fingerprint density at radius 3 is 2.53 bits per heavy atom. The summed E-state index contributed by atoms with van der Waals surface area (Å²) in [7, 11) is 0. The number of hydrogen-bond donors (Lipinski definition) is 1. The van der Waals surface area contributed by atoms with Crippen LogP contribution in [0.4, 0.5) is 0 Å². The van der Waals surface area contributed by atoms with Crippen molar-refractivity contribution < 1.29 is 0 Å². The fourth-order valence-corrected chi connectivity index (χ4v) is 2.88. The van der Waals surface area contributed by atoms with Crippen LogP contribution in [0.3, 0.4) is 0 Å². The van der Waals surface area contributed by atoms with Gasteiger partial charge in [0.05, 0.1) is 0 Å². The molecule has 0 aromatic heterocycles. The van der Waals surface area contributed by atoms with Gasteiger partial charge < -0.3 is 5.32 Å². The van der Waals surface area contributed by atoms with E-state index in [1.165, 1.54) is 43.2 Å². The first-order valence-corrected chi connectivity index (χ1v) is 8.02. The second kappa shape index (κ2) is 7.09. The molecule has 1 fully saturated rings. The van der Waals surface area contributed by atoms with Gasteiger partial charge in [0, 0.05) is 12.6 Å². The van der Waals surface area contributed by atoms with Gasteiger partial charge in [-0.25, -0.2) is 0 Å². The van der Waals surface area contributed by atoms with Crippen molar-refractivity contribution in [2.75, 3.05) is 6.54 Å². The molecule has 0 radical (unpaired) electrons. The maximum atomic E-state index is 3.73. The van der Waals surface area contributed by atoms with Gasteiger partial charge in [0.2, 0.25) is 0 Å². The molecule has 0 bridgehead atoms. The zero-order valence-electron chi connectivity index (χ0n) is 12.8. The van der Waals surface area contributed by atoms with Crippen molar-refractivity contribution in [2.24, 2.45) is 5.92 Å². The quantitative estimate of drug-likeness (QED) is 0.716. The molecule has 1 nitrogen and oxygen atoms in total. The predicted molar refractivity (Wildman–Crippen MR) is 83.6 cm³/mol. The molecule has 0 heterocycles. The van der Waals surface area contributed by atoms with Gasteiger partial charge in [0.1, 0.15) is 0 Å². The third-order valence-electron chi connectivity index (χ3n) is 4.52. The van der Waals surface area contributed by atoms with E-state index in [1.807, 2.05) is 0 Å². The first-order valence-electron chi connectivity index (χ1n) is 8.02. The van der Waals surface area contributed by atoms with Crippen LogP contribution in [0.25, 0.3) is 0 Å². The van der Waals surface area contributed by atoms with E-state index in [0.717, 1.165) is 18.5 Å². The van der Waals surface area contributed by atoms with Crippen molar-refractivity contribution in [3.8, 4) is 0 Å². The van der Waals surface area contributed by atoms with Crippen LogP contribution in [0.2, 0.25) is 0 Å². The highest BCUT2D eigenvalue weighted by Gasteiger charge is 2.23. The molecule has 1 saturated carbocycles. The molecule has 1 aliphatic rings. The van der Waals surface area contributed by atoms with Crippen LogP contribution < -0.4 is 5.32 Å². The molecule has 1 atom stereocenters. The van der Waals surface area contributed by atoms with E-state index in [0.29, 0.717) is 5.92 Å². The first-order chi connectivity index (χ1) is 9.22. The molecule has 1 aromatic rings. The standard InChI is InChI=1S/C18H29N/c1-4-15(5-2)12-17(13-19-18-9-10-18)16-8-6-7-14(3)11-16/h6-8,11,15,17-19H,4-5,9-10,12-13H2,1-3H3. The highest BCUT2D eigenvalue weighted by Crippen LogP contribution is 2.29. The largest absolute Gasteiger partial charge is 0.313 e.